The van der Waals surface area contributed by atoms with Crippen molar-refractivity contribution in [1.82, 2.24) is 0 Å². The summed E-state index contributed by atoms with van der Waals surface area (Å²) >= 11 is 0. The van der Waals surface area contributed by atoms with Crippen LogP contribution in [0.25, 0.3) is 0 Å². The van der Waals surface area contributed by atoms with Crippen LogP contribution in [0.15, 0.2) is 12.1 Å². The van der Waals surface area contributed by atoms with Crippen LogP contribution in [-0.2, 0) is 10.8 Å². The zero-order valence-corrected chi connectivity index (χ0v) is 12.5. The highest BCUT2D eigenvalue weighted by Gasteiger charge is 2.42. The number of hydrogen-bond acceptors (Lipinski definition) is 1. The first-order chi connectivity index (χ1) is 8.19. The second kappa shape index (κ2) is 3.94. The van der Waals surface area contributed by atoms with Gasteiger partial charge >= 0.3 is 0 Å². The van der Waals surface area contributed by atoms with Gasteiger partial charge in [-0.3, -0.25) is 4.79 Å². The van der Waals surface area contributed by atoms with E-state index in [1.54, 1.807) is 0 Å². The molecule has 0 aliphatic heterocycles. The van der Waals surface area contributed by atoms with Crippen LogP contribution in [0.3, 0.4) is 0 Å². The molecule has 0 saturated carbocycles. The molecule has 0 aromatic heterocycles. The Hall–Kier alpha value is -1.11. The van der Waals surface area contributed by atoms with Gasteiger partial charge in [0.1, 0.15) is 0 Å². The number of Topliss-reactive ketones (excluding diaryl/α,β-unsaturated/α-hetero) is 1. The van der Waals surface area contributed by atoms with Gasteiger partial charge in [0, 0.05) is 12.0 Å². The summed E-state index contributed by atoms with van der Waals surface area (Å²) in [6.45, 7) is 13.2. The summed E-state index contributed by atoms with van der Waals surface area (Å²) in [5.41, 5.74) is 5.24. The van der Waals surface area contributed by atoms with Crippen molar-refractivity contribution in [1.29, 1.82) is 0 Å². The molecule has 0 amide bonds. The van der Waals surface area contributed by atoms with Gasteiger partial charge in [-0.05, 0) is 46.9 Å². The average Bonchev–Trinajstić information content (AvgIpc) is 2.42. The van der Waals surface area contributed by atoms with Gasteiger partial charge in [-0.2, -0.15) is 0 Å². The summed E-state index contributed by atoms with van der Waals surface area (Å²) in [6, 6.07) is 4.40. The Morgan fingerprint density at radius 3 is 2.11 bits per heavy atom. The molecule has 0 radical (unpaired) electrons. The SMILES string of the molecule is CCC(=O)c1cc2c(cc1C)C(C)(C)CC2(C)C. The molecule has 1 aliphatic rings. The smallest absolute Gasteiger partial charge is 0.162 e. The molecule has 0 fully saturated rings. The molecule has 0 heterocycles. The summed E-state index contributed by atoms with van der Waals surface area (Å²) in [5, 5.41) is 0. The number of fused-ring (bicyclic) bond motifs is 1. The molecule has 0 spiro atoms. The first-order valence-corrected chi connectivity index (χ1v) is 6.88. The quantitative estimate of drug-likeness (QED) is 0.698. The number of ketones is 1. The van der Waals surface area contributed by atoms with Gasteiger partial charge in [0.15, 0.2) is 5.78 Å². The van der Waals surface area contributed by atoms with Gasteiger partial charge in [0.25, 0.3) is 0 Å². The molecule has 1 aromatic rings. The molecule has 18 heavy (non-hydrogen) atoms. The van der Waals surface area contributed by atoms with Crippen LogP contribution in [-0.4, -0.2) is 5.78 Å². The van der Waals surface area contributed by atoms with Crippen LogP contribution in [0.4, 0.5) is 0 Å². The van der Waals surface area contributed by atoms with Crippen molar-refractivity contribution in [3.05, 3.63) is 34.4 Å². The highest BCUT2D eigenvalue weighted by molar-refractivity contribution is 5.97. The minimum absolute atomic E-state index is 0.176. The van der Waals surface area contributed by atoms with E-state index in [0.717, 1.165) is 17.5 Å². The topological polar surface area (TPSA) is 17.1 Å². The van der Waals surface area contributed by atoms with E-state index < -0.39 is 0 Å². The first kappa shape index (κ1) is 13.3. The van der Waals surface area contributed by atoms with Crippen LogP contribution in [0.5, 0.6) is 0 Å². The Morgan fingerprint density at radius 2 is 1.61 bits per heavy atom. The van der Waals surface area contributed by atoms with E-state index in [1.165, 1.54) is 11.1 Å². The number of carbonyl (C=O) groups is 1. The second-order valence-electron chi connectivity index (χ2n) is 6.93. The van der Waals surface area contributed by atoms with E-state index in [9.17, 15) is 4.79 Å². The van der Waals surface area contributed by atoms with Crippen molar-refractivity contribution in [2.45, 2.75) is 65.2 Å². The first-order valence-electron chi connectivity index (χ1n) is 6.88. The monoisotopic (exact) mass is 244 g/mol. The number of carbonyl (C=O) groups excluding carboxylic acids is 1. The summed E-state index contributed by atoms with van der Waals surface area (Å²) in [7, 11) is 0. The Labute approximate surface area is 111 Å². The third-order valence-corrected chi connectivity index (χ3v) is 4.33. The summed E-state index contributed by atoms with van der Waals surface area (Å²) < 4.78 is 0. The maximum Gasteiger partial charge on any atom is 0.162 e. The van der Waals surface area contributed by atoms with Gasteiger partial charge < -0.3 is 0 Å². The predicted molar refractivity (Wildman–Crippen MR) is 76.5 cm³/mol. The van der Waals surface area contributed by atoms with E-state index in [-0.39, 0.29) is 16.6 Å². The Morgan fingerprint density at radius 1 is 1.11 bits per heavy atom. The second-order valence-corrected chi connectivity index (χ2v) is 6.93. The Bertz CT molecular complexity index is 507. The third-order valence-electron chi connectivity index (χ3n) is 4.33. The fourth-order valence-electron chi connectivity index (χ4n) is 3.61. The molecule has 0 bridgehead atoms. The fraction of sp³-hybridized carbons (Fsp3) is 0.588. The van der Waals surface area contributed by atoms with Crippen LogP contribution in [0.2, 0.25) is 0 Å². The van der Waals surface area contributed by atoms with Crippen molar-refractivity contribution in [2.75, 3.05) is 0 Å². The molecule has 2 rings (SSSR count). The van der Waals surface area contributed by atoms with Crippen molar-refractivity contribution in [3.8, 4) is 0 Å². The molecule has 1 aliphatic carbocycles. The van der Waals surface area contributed by atoms with Crippen molar-refractivity contribution < 1.29 is 4.79 Å². The van der Waals surface area contributed by atoms with Gasteiger partial charge in [-0.25, -0.2) is 0 Å². The molecule has 0 saturated heterocycles. The maximum atomic E-state index is 12.0. The summed E-state index contributed by atoms with van der Waals surface area (Å²) in [5.74, 6) is 0.260. The van der Waals surface area contributed by atoms with Crippen LogP contribution < -0.4 is 0 Å². The summed E-state index contributed by atoms with van der Waals surface area (Å²) in [4.78, 5) is 12.0. The van der Waals surface area contributed by atoms with E-state index >= 15 is 0 Å². The van der Waals surface area contributed by atoms with E-state index in [0.29, 0.717) is 6.42 Å². The van der Waals surface area contributed by atoms with Gasteiger partial charge in [0.2, 0.25) is 0 Å². The normalized spacial score (nSPS) is 19.7. The van der Waals surface area contributed by atoms with E-state index in [2.05, 4.69) is 46.8 Å². The average molecular weight is 244 g/mol. The van der Waals surface area contributed by atoms with Gasteiger partial charge in [0.05, 0.1) is 0 Å². The number of hydrogen-bond donors (Lipinski definition) is 0. The lowest BCUT2D eigenvalue weighted by molar-refractivity contribution is 0.0987. The Kier molecular flexibility index (Phi) is 2.92. The van der Waals surface area contributed by atoms with Crippen molar-refractivity contribution in [2.24, 2.45) is 0 Å². The zero-order valence-electron chi connectivity index (χ0n) is 12.5. The Balaban J connectivity index is 2.66. The van der Waals surface area contributed by atoms with Crippen LogP contribution in [0.1, 0.15) is 74.5 Å². The standard InChI is InChI=1S/C17H24O/c1-7-15(18)12-9-14-13(8-11(12)2)16(3,4)10-17(14,5)6/h8-9H,7,10H2,1-6H3. The van der Waals surface area contributed by atoms with Crippen LogP contribution >= 0.6 is 0 Å². The van der Waals surface area contributed by atoms with Crippen molar-refractivity contribution in [3.63, 3.8) is 0 Å². The fourth-order valence-corrected chi connectivity index (χ4v) is 3.61. The van der Waals surface area contributed by atoms with Gasteiger partial charge in [-0.1, -0.05) is 40.7 Å². The lowest BCUT2D eigenvalue weighted by Gasteiger charge is -2.22. The highest BCUT2D eigenvalue weighted by atomic mass is 16.1. The highest BCUT2D eigenvalue weighted by Crippen LogP contribution is 2.49. The lowest BCUT2D eigenvalue weighted by Crippen LogP contribution is -2.18. The molecule has 0 unspecified atom stereocenters. The molecule has 98 valence electrons. The van der Waals surface area contributed by atoms with Crippen LogP contribution in [0, 0.1) is 6.92 Å². The van der Waals surface area contributed by atoms with E-state index in [1.807, 2.05) is 6.92 Å². The predicted octanol–water partition coefficient (Wildman–Crippen LogP) is 4.55. The largest absolute Gasteiger partial charge is 0.294 e. The molecular formula is C17H24O. The number of benzene rings is 1. The van der Waals surface area contributed by atoms with Crippen molar-refractivity contribution >= 4 is 5.78 Å². The van der Waals surface area contributed by atoms with Gasteiger partial charge in [-0.15, -0.1) is 0 Å². The molecule has 1 aromatic carbocycles. The maximum absolute atomic E-state index is 12.0. The summed E-state index contributed by atoms with van der Waals surface area (Å²) in [6.07, 6.45) is 1.74. The minimum atomic E-state index is 0.176. The third kappa shape index (κ3) is 1.90. The minimum Gasteiger partial charge on any atom is -0.294 e. The molecular weight excluding hydrogens is 220 g/mol. The number of rotatable bonds is 2. The molecule has 1 heteroatoms. The number of aryl methyl sites for hydroxylation is 1. The van der Waals surface area contributed by atoms with E-state index in [4.69, 9.17) is 0 Å². The lowest BCUT2D eigenvalue weighted by atomic mass is 9.82. The molecule has 0 N–H and O–H groups in total. The molecule has 1 nitrogen and oxygen atoms in total. The zero-order chi connectivity index (χ0) is 13.7. The molecule has 0 atom stereocenters.